The Labute approximate surface area is 219 Å². The second-order valence-electron chi connectivity index (χ2n) is 9.06. The Hall–Kier alpha value is -2.73. The summed E-state index contributed by atoms with van der Waals surface area (Å²) in [5, 5.41) is 0. The van der Waals surface area contributed by atoms with E-state index in [9.17, 15) is 18.0 Å². The number of hydrogen-bond acceptors (Lipinski definition) is 3. The van der Waals surface area contributed by atoms with E-state index in [0.717, 1.165) is 0 Å². The summed E-state index contributed by atoms with van der Waals surface area (Å²) >= 11 is -4.14. The summed E-state index contributed by atoms with van der Waals surface area (Å²) in [7, 11) is 1.58. The van der Waals surface area contributed by atoms with Gasteiger partial charge in [0.2, 0.25) is 0 Å². The fourth-order valence-corrected chi connectivity index (χ4v) is 8.95. The Morgan fingerprint density at radius 3 is 2.24 bits per heavy atom. The molecule has 1 heterocycles. The minimum absolute atomic E-state index is 0.152. The number of fused-ring (bicyclic) bond motifs is 1. The molecule has 198 valence electrons. The minimum Gasteiger partial charge on any atom is -0.207 e. The maximum absolute atomic E-state index is 15.2. The molecule has 4 nitrogen and oxygen atoms in total. The van der Waals surface area contributed by atoms with Gasteiger partial charge in [-0.2, -0.15) is 0 Å². The third kappa shape index (κ3) is 5.59. The molecule has 0 spiro atoms. The molecule has 0 saturated heterocycles. The van der Waals surface area contributed by atoms with Crippen molar-refractivity contribution in [3.05, 3.63) is 98.9 Å². The first-order chi connectivity index (χ1) is 17.3. The summed E-state index contributed by atoms with van der Waals surface area (Å²) in [6, 6.07) is 16.7. The maximum atomic E-state index is 15.2. The van der Waals surface area contributed by atoms with Crippen molar-refractivity contribution >= 4 is 26.1 Å². The molecule has 1 aliphatic heterocycles. The van der Waals surface area contributed by atoms with Crippen LogP contribution in [0.4, 0.5) is 22.0 Å². The van der Waals surface area contributed by atoms with Crippen molar-refractivity contribution in [2.24, 2.45) is 0 Å². The first-order valence-electron chi connectivity index (χ1n) is 11.4. The number of amides is 1. The van der Waals surface area contributed by atoms with E-state index < -0.39 is 47.4 Å². The Morgan fingerprint density at radius 2 is 1.59 bits per heavy atom. The van der Waals surface area contributed by atoms with Gasteiger partial charge in [-0.15, -0.1) is 0 Å². The van der Waals surface area contributed by atoms with Gasteiger partial charge in [0.05, 0.1) is 0 Å². The summed E-state index contributed by atoms with van der Waals surface area (Å²) in [6.07, 6.45) is -4.40. The van der Waals surface area contributed by atoms with Crippen LogP contribution in [0.3, 0.4) is 0 Å². The van der Waals surface area contributed by atoms with Crippen LogP contribution < -0.4 is 4.74 Å². The molecule has 0 atom stereocenters. The molecule has 1 aliphatic rings. The quantitative estimate of drug-likeness (QED) is 0.149. The molecule has 0 fully saturated rings. The molecule has 0 bridgehead atoms. The van der Waals surface area contributed by atoms with E-state index in [1.807, 2.05) is 0 Å². The number of ether oxygens (including phenoxy) is 1. The molecule has 1 amide bonds. The number of alkyl halides is 5. The zero-order chi connectivity index (χ0) is 27.0. The average Bonchev–Trinajstić information content (AvgIpc) is 3.14. The summed E-state index contributed by atoms with van der Waals surface area (Å²) < 4.78 is 78.8. The number of carbonyl (C=O) groups excluding carboxylic acids is 1. The van der Waals surface area contributed by atoms with Crippen molar-refractivity contribution in [2.75, 3.05) is 13.6 Å². The number of likely N-dealkylation sites (N-methyl/N-ethyl adjacent to an activating group) is 1. The van der Waals surface area contributed by atoms with Gasteiger partial charge in [0.1, 0.15) is 5.82 Å². The molecule has 4 rings (SSSR count). The van der Waals surface area contributed by atoms with Gasteiger partial charge >= 0.3 is 185 Å². The van der Waals surface area contributed by atoms with Crippen molar-refractivity contribution in [1.82, 2.24) is 4.90 Å². The van der Waals surface area contributed by atoms with Crippen LogP contribution in [-0.4, -0.2) is 34.4 Å². The fraction of sp³-hybridized carbons (Fsp3) is 0.296. The smallest absolute Gasteiger partial charge is 0.207 e. The standard InChI is InChI=1S/C27H25F5INO3/c1-25(2)22-6-4-5-7-23(22)33(37-25)26(29,30)27(31,32)36-21-14-8-18(9-15-21)16-17-34(3)24(35)19-10-12-20(28)13-11-19/h4-15H,16-17H2,1-3H3. The summed E-state index contributed by atoms with van der Waals surface area (Å²) in [5.74, 6) is -1.16. The second kappa shape index (κ2) is 10.2. The number of nitrogens with zero attached hydrogens (tertiary/aromatic N) is 1. The third-order valence-electron chi connectivity index (χ3n) is 5.87. The third-order valence-corrected chi connectivity index (χ3v) is 11.3. The van der Waals surface area contributed by atoms with Crippen molar-refractivity contribution in [2.45, 2.75) is 35.9 Å². The number of hydrogen-bond donors (Lipinski definition) is 0. The van der Waals surface area contributed by atoms with Crippen molar-refractivity contribution < 1.29 is 34.5 Å². The Kier molecular flexibility index (Phi) is 7.53. The summed E-state index contributed by atoms with van der Waals surface area (Å²) in [4.78, 5) is 13.9. The predicted molar refractivity (Wildman–Crippen MR) is 137 cm³/mol. The topological polar surface area (TPSA) is 38.8 Å². The molecular weight excluding hydrogens is 608 g/mol. The number of carbonyl (C=O) groups is 1. The van der Waals surface area contributed by atoms with Crippen molar-refractivity contribution in [3.63, 3.8) is 0 Å². The molecule has 10 heteroatoms. The zero-order valence-corrected chi connectivity index (χ0v) is 22.4. The normalized spacial score (nSPS) is 15.8. The molecule has 0 radical (unpaired) electrons. The van der Waals surface area contributed by atoms with E-state index in [-0.39, 0.29) is 9.48 Å². The minimum atomic E-state index is -4.78. The van der Waals surface area contributed by atoms with Crippen molar-refractivity contribution in [1.29, 1.82) is 0 Å². The number of benzene rings is 3. The van der Waals surface area contributed by atoms with Gasteiger partial charge in [-0.05, 0) is 24.3 Å². The van der Waals surface area contributed by atoms with Crippen LogP contribution in [0, 0.1) is 9.39 Å². The molecule has 3 aromatic carbocycles. The van der Waals surface area contributed by atoms with Crippen LogP contribution in [-0.2, 0) is 15.1 Å². The van der Waals surface area contributed by atoms with E-state index in [4.69, 9.17) is 3.07 Å². The summed E-state index contributed by atoms with van der Waals surface area (Å²) in [6.45, 7) is 3.47. The van der Waals surface area contributed by atoms with Gasteiger partial charge in [0.15, 0.2) is 0 Å². The average molecular weight is 633 g/mol. The first-order valence-corrected chi connectivity index (χ1v) is 14.4. The number of halogens is 6. The molecule has 0 aromatic heterocycles. The Balaban J connectivity index is 1.40. The molecule has 0 saturated carbocycles. The van der Waals surface area contributed by atoms with E-state index in [2.05, 4.69) is 4.74 Å². The van der Waals surface area contributed by atoms with Crippen LogP contribution in [0.15, 0.2) is 72.8 Å². The van der Waals surface area contributed by atoms with Gasteiger partial charge in [0.25, 0.3) is 0 Å². The van der Waals surface area contributed by atoms with Gasteiger partial charge in [-0.1, -0.05) is 0 Å². The first kappa shape index (κ1) is 27.3. The second-order valence-corrected chi connectivity index (χ2v) is 13.4. The Bertz CT molecular complexity index is 1270. The van der Waals surface area contributed by atoms with Crippen LogP contribution >= 0.6 is 20.2 Å². The van der Waals surface area contributed by atoms with Crippen molar-refractivity contribution in [3.8, 4) is 5.75 Å². The van der Waals surface area contributed by atoms with E-state index in [1.165, 1.54) is 65.6 Å². The van der Waals surface area contributed by atoms with Gasteiger partial charge in [-0.3, -0.25) is 0 Å². The Morgan fingerprint density at radius 1 is 0.973 bits per heavy atom. The molecule has 37 heavy (non-hydrogen) atoms. The summed E-state index contributed by atoms with van der Waals surface area (Å²) in [5.41, 5.74) is 0.417. The van der Waals surface area contributed by atoms with E-state index in [0.29, 0.717) is 29.7 Å². The molecule has 0 unspecified atom stereocenters. The van der Waals surface area contributed by atoms with Crippen LogP contribution in [0.2, 0.25) is 0 Å². The fourth-order valence-electron chi connectivity index (χ4n) is 3.79. The van der Waals surface area contributed by atoms with Crippen LogP contribution in [0.1, 0.15) is 35.3 Å². The molecule has 3 aromatic rings. The number of rotatable bonds is 8. The van der Waals surface area contributed by atoms with Crippen LogP contribution in [0.5, 0.6) is 5.75 Å². The van der Waals surface area contributed by atoms with Gasteiger partial charge < -0.3 is 0 Å². The van der Waals surface area contributed by atoms with E-state index in [1.54, 1.807) is 33.0 Å². The molecule has 0 aliphatic carbocycles. The zero-order valence-electron chi connectivity index (χ0n) is 20.3. The monoisotopic (exact) mass is 633 g/mol. The molecular formula is C27H25F5INO3. The van der Waals surface area contributed by atoms with Crippen LogP contribution in [0.25, 0.3) is 0 Å². The van der Waals surface area contributed by atoms with Gasteiger partial charge in [0, 0.05) is 0 Å². The van der Waals surface area contributed by atoms with Gasteiger partial charge in [-0.25, -0.2) is 4.39 Å². The molecule has 0 N–H and O–H groups in total. The predicted octanol–water partition coefficient (Wildman–Crippen LogP) is 7.26. The van der Waals surface area contributed by atoms with E-state index >= 15 is 8.78 Å². The SMILES string of the molecule is CN(CCc1ccc(OC(F)(F)C(F)(F)I2OC(C)(C)c3ccccc32)cc1)C(=O)c1ccc(F)cc1.